The Morgan fingerprint density at radius 3 is 3.06 bits per heavy atom. The molecule has 86 valence electrons. The molecule has 0 bridgehead atoms. The summed E-state index contributed by atoms with van der Waals surface area (Å²) in [4.78, 5) is 4.39. The summed E-state index contributed by atoms with van der Waals surface area (Å²) in [5, 5.41) is 3.12. The molecule has 0 fully saturated rings. The van der Waals surface area contributed by atoms with E-state index in [0.29, 0.717) is 0 Å². The van der Waals surface area contributed by atoms with E-state index >= 15 is 0 Å². The lowest BCUT2D eigenvalue weighted by Crippen LogP contribution is -2.12. The molecule has 0 aromatic carbocycles. The molecule has 2 N–H and O–H groups in total. The summed E-state index contributed by atoms with van der Waals surface area (Å²) in [5.41, 5.74) is 7.02. The minimum atomic E-state index is -0.334. The topological polar surface area (TPSA) is 52.0 Å². The Labute approximate surface area is 110 Å². The second-order valence-electron chi connectivity index (χ2n) is 3.65. The van der Waals surface area contributed by atoms with Crippen LogP contribution in [0.2, 0.25) is 0 Å². The van der Waals surface area contributed by atoms with E-state index in [4.69, 9.17) is 10.2 Å². The quantitative estimate of drug-likeness (QED) is 0.785. The molecule has 3 aromatic heterocycles. The van der Waals surface area contributed by atoms with Crippen LogP contribution in [0, 0.1) is 0 Å². The van der Waals surface area contributed by atoms with Crippen molar-refractivity contribution in [1.82, 2.24) is 4.98 Å². The molecule has 0 aliphatic carbocycles. The van der Waals surface area contributed by atoms with Gasteiger partial charge in [0, 0.05) is 26.1 Å². The molecule has 0 aliphatic heterocycles. The Kier molecular flexibility index (Phi) is 2.74. The van der Waals surface area contributed by atoms with Crippen LogP contribution in [0.5, 0.6) is 0 Å². The van der Waals surface area contributed by atoms with Crippen molar-refractivity contribution in [2.75, 3.05) is 0 Å². The number of hydrogen-bond donors (Lipinski definition) is 1. The summed E-state index contributed by atoms with van der Waals surface area (Å²) in [6.45, 7) is 0. The van der Waals surface area contributed by atoms with Gasteiger partial charge in [0.25, 0.3) is 0 Å². The number of aromatic nitrogens is 1. The third-order valence-electron chi connectivity index (χ3n) is 2.61. The first-order chi connectivity index (χ1) is 8.27. The van der Waals surface area contributed by atoms with Crippen molar-refractivity contribution < 1.29 is 4.42 Å². The van der Waals surface area contributed by atoms with Crippen LogP contribution in [0.1, 0.15) is 17.5 Å². The number of nitrogens with two attached hydrogens (primary N) is 1. The minimum Gasteiger partial charge on any atom is -0.467 e. The fourth-order valence-corrected chi connectivity index (χ4v) is 3.46. The van der Waals surface area contributed by atoms with Crippen molar-refractivity contribution in [2.45, 2.75) is 6.04 Å². The molecule has 0 aliphatic rings. The number of furan rings is 1. The molecule has 1 atom stereocenters. The Morgan fingerprint density at radius 1 is 1.41 bits per heavy atom. The highest BCUT2D eigenvalue weighted by atomic mass is 79.9. The molecular formula is C12H9BrN2OS. The first-order valence-corrected chi connectivity index (χ1v) is 6.75. The lowest BCUT2D eigenvalue weighted by molar-refractivity contribution is 0.487. The standard InChI is InChI=1S/C12H9BrN2OS/c13-7-6-17-9-3-4-15-12(10(7)9)11(14)8-2-1-5-16-8/h1-6,11H,14H2. The summed E-state index contributed by atoms with van der Waals surface area (Å²) >= 11 is 5.20. The van der Waals surface area contributed by atoms with Gasteiger partial charge in [0.1, 0.15) is 11.8 Å². The van der Waals surface area contributed by atoms with Gasteiger partial charge in [-0.25, -0.2) is 0 Å². The van der Waals surface area contributed by atoms with Crippen LogP contribution in [0.15, 0.2) is 44.9 Å². The molecule has 3 aromatic rings. The zero-order chi connectivity index (χ0) is 11.8. The van der Waals surface area contributed by atoms with E-state index in [9.17, 15) is 0 Å². The molecule has 0 radical (unpaired) electrons. The number of pyridine rings is 1. The van der Waals surface area contributed by atoms with Crippen LogP contribution in [0.3, 0.4) is 0 Å². The number of rotatable bonds is 2. The van der Waals surface area contributed by atoms with Crippen molar-refractivity contribution in [2.24, 2.45) is 5.73 Å². The molecule has 3 rings (SSSR count). The van der Waals surface area contributed by atoms with Gasteiger partial charge in [0.2, 0.25) is 0 Å². The van der Waals surface area contributed by atoms with E-state index in [1.165, 1.54) is 4.70 Å². The van der Waals surface area contributed by atoms with Crippen molar-refractivity contribution in [1.29, 1.82) is 0 Å². The lowest BCUT2D eigenvalue weighted by Gasteiger charge is -2.09. The van der Waals surface area contributed by atoms with E-state index in [1.54, 1.807) is 23.8 Å². The average Bonchev–Trinajstić information content (AvgIpc) is 2.98. The number of halogens is 1. The van der Waals surface area contributed by atoms with Gasteiger partial charge in [-0.3, -0.25) is 4.98 Å². The monoisotopic (exact) mass is 308 g/mol. The van der Waals surface area contributed by atoms with Gasteiger partial charge in [0.15, 0.2) is 0 Å². The third-order valence-corrected chi connectivity index (χ3v) is 4.49. The SMILES string of the molecule is NC(c1ccco1)c1nccc2scc(Br)c12. The highest BCUT2D eigenvalue weighted by molar-refractivity contribution is 9.10. The summed E-state index contributed by atoms with van der Waals surface area (Å²) in [6, 6.07) is 5.35. The predicted molar refractivity (Wildman–Crippen MR) is 72.1 cm³/mol. The summed E-state index contributed by atoms with van der Waals surface area (Å²) < 4.78 is 7.54. The molecule has 5 heteroatoms. The maximum Gasteiger partial charge on any atom is 0.126 e. The Morgan fingerprint density at radius 2 is 2.29 bits per heavy atom. The highest BCUT2D eigenvalue weighted by Gasteiger charge is 2.18. The summed E-state index contributed by atoms with van der Waals surface area (Å²) in [7, 11) is 0. The first kappa shape index (κ1) is 11.0. The van der Waals surface area contributed by atoms with Gasteiger partial charge in [-0.15, -0.1) is 11.3 Å². The van der Waals surface area contributed by atoms with Crippen molar-refractivity contribution in [3.8, 4) is 0 Å². The van der Waals surface area contributed by atoms with Gasteiger partial charge in [-0.1, -0.05) is 0 Å². The van der Waals surface area contributed by atoms with Gasteiger partial charge >= 0.3 is 0 Å². The van der Waals surface area contributed by atoms with E-state index in [1.807, 2.05) is 23.6 Å². The second kappa shape index (κ2) is 4.25. The number of thiophene rings is 1. The average molecular weight is 309 g/mol. The molecule has 3 heterocycles. The van der Waals surface area contributed by atoms with Gasteiger partial charge in [-0.05, 0) is 34.1 Å². The Hall–Kier alpha value is -1.17. The maximum absolute atomic E-state index is 6.18. The maximum atomic E-state index is 6.18. The first-order valence-electron chi connectivity index (χ1n) is 5.08. The number of nitrogens with zero attached hydrogens (tertiary/aromatic N) is 1. The summed E-state index contributed by atoms with van der Waals surface area (Å²) in [5.74, 6) is 0.725. The molecule has 0 spiro atoms. The number of fused-ring (bicyclic) bond motifs is 1. The smallest absolute Gasteiger partial charge is 0.126 e. The zero-order valence-electron chi connectivity index (χ0n) is 8.76. The Bertz CT molecular complexity index is 648. The van der Waals surface area contributed by atoms with Gasteiger partial charge < -0.3 is 10.2 Å². The van der Waals surface area contributed by atoms with Crippen LogP contribution in [-0.2, 0) is 0 Å². The Balaban J connectivity index is 2.20. The van der Waals surface area contributed by atoms with E-state index in [2.05, 4.69) is 20.9 Å². The normalized spacial score (nSPS) is 13.1. The molecule has 0 saturated carbocycles. The highest BCUT2D eigenvalue weighted by Crippen LogP contribution is 2.35. The van der Waals surface area contributed by atoms with Crippen LogP contribution >= 0.6 is 27.3 Å². The molecular weight excluding hydrogens is 300 g/mol. The zero-order valence-corrected chi connectivity index (χ0v) is 11.2. The number of hydrogen-bond acceptors (Lipinski definition) is 4. The molecule has 3 nitrogen and oxygen atoms in total. The fourth-order valence-electron chi connectivity index (χ4n) is 1.81. The van der Waals surface area contributed by atoms with Crippen molar-refractivity contribution in [3.05, 3.63) is 52.0 Å². The second-order valence-corrected chi connectivity index (χ2v) is 5.41. The van der Waals surface area contributed by atoms with E-state index in [-0.39, 0.29) is 6.04 Å². The third kappa shape index (κ3) is 1.80. The van der Waals surface area contributed by atoms with Crippen LogP contribution in [0.25, 0.3) is 10.1 Å². The summed E-state index contributed by atoms with van der Waals surface area (Å²) in [6.07, 6.45) is 3.40. The van der Waals surface area contributed by atoms with Crippen LogP contribution < -0.4 is 5.73 Å². The predicted octanol–water partition coefficient (Wildman–Crippen LogP) is 3.70. The fraction of sp³-hybridized carbons (Fsp3) is 0.0833. The van der Waals surface area contributed by atoms with Crippen molar-refractivity contribution >= 4 is 37.4 Å². The lowest BCUT2D eigenvalue weighted by atomic mass is 10.1. The van der Waals surface area contributed by atoms with Crippen LogP contribution in [-0.4, -0.2) is 4.98 Å². The molecule has 17 heavy (non-hydrogen) atoms. The van der Waals surface area contributed by atoms with Gasteiger partial charge in [0.05, 0.1) is 12.0 Å². The van der Waals surface area contributed by atoms with Crippen LogP contribution in [0.4, 0.5) is 0 Å². The minimum absolute atomic E-state index is 0.334. The van der Waals surface area contributed by atoms with E-state index < -0.39 is 0 Å². The molecule has 0 amide bonds. The molecule has 0 saturated heterocycles. The molecule has 1 unspecified atom stereocenters. The largest absolute Gasteiger partial charge is 0.467 e. The van der Waals surface area contributed by atoms with E-state index in [0.717, 1.165) is 21.3 Å². The van der Waals surface area contributed by atoms with Crippen molar-refractivity contribution in [3.63, 3.8) is 0 Å². The van der Waals surface area contributed by atoms with Gasteiger partial charge in [-0.2, -0.15) is 0 Å².